The molecule has 0 bridgehead atoms. The van der Waals surface area contributed by atoms with Crippen LogP contribution in [0.1, 0.15) is 18.2 Å². The Bertz CT molecular complexity index is 1160. The summed E-state index contributed by atoms with van der Waals surface area (Å²) in [7, 11) is -3.92. The minimum atomic E-state index is -4.66. The Hall–Kier alpha value is -2.91. The number of primary sulfonamides is 1. The zero-order chi connectivity index (χ0) is 21.4. The number of hydrogen-bond donors (Lipinski definition) is 1. The molecule has 0 unspecified atom stereocenters. The highest BCUT2D eigenvalue weighted by molar-refractivity contribution is 7.89. The second-order valence-electron chi connectivity index (χ2n) is 6.43. The zero-order valence-corrected chi connectivity index (χ0v) is 16.4. The molecule has 0 amide bonds. The third kappa shape index (κ3) is 4.25. The molecular weight excluding hydrogens is 403 g/mol. The van der Waals surface area contributed by atoms with Crippen LogP contribution in [-0.2, 0) is 16.2 Å². The maximum absolute atomic E-state index is 14.0. The van der Waals surface area contributed by atoms with Crippen molar-refractivity contribution in [1.29, 1.82) is 0 Å². The van der Waals surface area contributed by atoms with Crippen LogP contribution in [-0.4, -0.2) is 18.2 Å². The van der Waals surface area contributed by atoms with Crippen LogP contribution in [0.5, 0.6) is 0 Å². The normalized spacial score (nSPS) is 12.6. The van der Waals surface area contributed by atoms with Crippen molar-refractivity contribution < 1.29 is 21.6 Å². The van der Waals surface area contributed by atoms with E-state index in [1.165, 1.54) is 36.5 Å². The molecule has 2 N–H and O–H groups in total. The van der Waals surface area contributed by atoms with Gasteiger partial charge in [-0.15, -0.1) is 0 Å². The summed E-state index contributed by atoms with van der Waals surface area (Å²) in [5.41, 5.74) is 0.678. The highest BCUT2D eigenvalue weighted by atomic mass is 32.2. The van der Waals surface area contributed by atoms with Gasteiger partial charge in [-0.2, -0.15) is 18.3 Å². The SMILES string of the molecule is CC=Cn1nc(-c2ccc(S(N)(=O)=O)cc2)c(-c2ccc(C)cc2)c1C(F)(F)F. The van der Waals surface area contributed by atoms with Crippen LogP contribution >= 0.6 is 0 Å². The quantitative estimate of drug-likeness (QED) is 0.664. The summed E-state index contributed by atoms with van der Waals surface area (Å²) in [5, 5.41) is 9.26. The second-order valence-corrected chi connectivity index (χ2v) is 7.99. The van der Waals surface area contributed by atoms with Crippen molar-refractivity contribution in [3.05, 3.63) is 65.9 Å². The summed E-state index contributed by atoms with van der Waals surface area (Å²) in [5.74, 6) is 0. The first-order valence-corrected chi connectivity index (χ1v) is 10.1. The number of aryl methyl sites for hydroxylation is 1. The van der Waals surface area contributed by atoms with E-state index in [2.05, 4.69) is 5.10 Å². The van der Waals surface area contributed by atoms with E-state index in [1.54, 1.807) is 31.2 Å². The van der Waals surface area contributed by atoms with Gasteiger partial charge >= 0.3 is 6.18 Å². The van der Waals surface area contributed by atoms with Gasteiger partial charge in [-0.05, 0) is 31.5 Å². The van der Waals surface area contributed by atoms with Crippen molar-refractivity contribution in [1.82, 2.24) is 9.78 Å². The molecule has 1 aromatic heterocycles. The monoisotopic (exact) mass is 421 g/mol. The Kier molecular flexibility index (Phi) is 5.38. The van der Waals surface area contributed by atoms with Gasteiger partial charge in [0.25, 0.3) is 0 Å². The van der Waals surface area contributed by atoms with Crippen molar-refractivity contribution in [2.24, 2.45) is 5.14 Å². The van der Waals surface area contributed by atoms with E-state index in [0.29, 0.717) is 11.1 Å². The van der Waals surface area contributed by atoms with Gasteiger partial charge in [0.15, 0.2) is 5.69 Å². The molecule has 0 radical (unpaired) electrons. The summed E-state index contributed by atoms with van der Waals surface area (Å²) >= 11 is 0. The van der Waals surface area contributed by atoms with Gasteiger partial charge in [0.05, 0.1) is 4.90 Å². The molecule has 0 saturated heterocycles. The zero-order valence-electron chi connectivity index (χ0n) is 15.6. The van der Waals surface area contributed by atoms with Crippen molar-refractivity contribution in [2.45, 2.75) is 24.9 Å². The van der Waals surface area contributed by atoms with E-state index in [1.807, 2.05) is 6.92 Å². The molecule has 5 nitrogen and oxygen atoms in total. The Morgan fingerprint density at radius 2 is 1.55 bits per heavy atom. The molecule has 3 aromatic rings. The molecule has 0 spiro atoms. The van der Waals surface area contributed by atoms with Crippen molar-refractivity contribution in [3.63, 3.8) is 0 Å². The van der Waals surface area contributed by atoms with Crippen LogP contribution in [0.2, 0.25) is 0 Å². The van der Waals surface area contributed by atoms with Gasteiger partial charge in [0, 0.05) is 17.3 Å². The molecule has 0 aliphatic heterocycles. The van der Waals surface area contributed by atoms with E-state index in [9.17, 15) is 21.6 Å². The van der Waals surface area contributed by atoms with E-state index >= 15 is 0 Å². The number of nitrogens with zero attached hydrogens (tertiary/aromatic N) is 2. The van der Waals surface area contributed by atoms with E-state index < -0.39 is 21.9 Å². The Balaban J connectivity index is 2.32. The lowest BCUT2D eigenvalue weighted by molar-refractivity contribution is -0.142. The summed E-state index contributed by atoms with van der Waals surface area (Å²) < 4.78 is 65.6. The van der Waals surface area contributed by atoms with E-state index in [4.69, 9.17) is 5.14 Å². The van der Waals surface area contributed by atoms with Gasteiger partial charge in [0.1, 0.15) is 5.69 Å². The molecule has 2 aromatic carbocycles. The average Bonchev–Trinajstić information content (AvgIpc) is 3.02. The lowest BCUT2D eigenvalue weighted by Crippen LogP contribution is -2.12. The number of rotatable bonds is 4. The molecule has 9 heteroatoms. The fourth-order valence-electron chi connectivity index (χ4n) is 2.95. The predicted molar refractivity (Wildman–Crippen MR) is 105 cm³/mol. The van der Waals surface area contributed by atoms with Gasteiger partial charge in [-0.1, -0.05) is 48.0 Å². The Morgan fingerprint density at radius 3 is 2.03 bits per heavy atom. The van der Waals surface area contributed by atoms with Crippen molar-refractivity contribution in [3.8, 4) is 22.4 Å². The van der Waals surface area contributed by atoms with Crippen LogP contribution in [0.15, 0.2) is 59.5 Å². The summed E-state index contributed by atoms with van der Waals surface area (Å²) in [6.45, 7) is 3.43. The summed E-state index contributed by atoms with van der Waals surface area (Å²) in [6, 6.07) is 11.9. The fourth-order valence-corrected chi connectivity index (χ4v) is 3.47. The Morgan fingerprint density at radius 1 is 1.00 bits per heavy atom. The lowest BCUT2D eigenvalue weighted by atomic mass is 9.98. The molecule has 29 heavy (non-hydrogen) atoms. The topological polar surface area (TPSA) is 78.0 Å². The molecule has 0 atom stereocenters. The lowest BCUT2D eigenvalue weighted by Gasteiger charge is -2.11. The van der Waals surface area contributed by atoms with E-state index in [-0.39, 0.29) is 16.2 Å². The smallest absolute Gasteiger partial charge is 0.235 e. The van der Waals surface area contributed by atoms with Gasteiger partial charge in [-0.3, -0.25) is 0 Å². The molecule has 0 aliphatic carbocycles. The number of hydrogen-bond acceptors (Lipinski definition) is 3. The number of benzene rings is 2. The van der Waals surface area contributed by atoms with Crippen LogP contribution in [0.3, 0.4) is 0 Å². The minimum absolute atomic E-state index is 0.0836. The molecule has 0 saturated carbocycles. The molecule has 3 rings (SSSR count). The van der Waals surface area contributed by atoms with Crippen LogP contribution in [0.25, 0.3) is 28.6 Å². The first kappa shape index (κ1) is 20.8. The van der Waals surface area contributed by atoms with Crippen LogP contribution in [0.4, 0.5) is 13.2 Å². The molecule has 1 heterocycles. The highest BCUT2D eigenvalue weighted by Gasteiger charge is 2.40. The largest absolute Gasteiger partial charge is 0.434 e. The standard InChI is InChI=1S/C20H18F3N3O2S/c1-3-12-26-19(20(21,22)23)17(14-6-4-13(2)5-7-14)18(25-26)15-8-10-16(11-9-15)29(24,27)28/h3-12H,1-2H3,(H2,24,27,28). The number of sulfonamides is 1. The molecular formula is C20H18F3N3O2S. The Labute approximate surface area is 166 Å². The maximum atomic E-state index is 14.0. The molecule has 0 aliphatic rings. The summed E-state index contributed by atoms with van der Waals surface area (Å²) in [6.07, 6.45) is -1.98. The molecule has 0 fully saturated rings. The number of aromatic nitrogens is 2. The van der Waals surface area contributed by atoms with Gasteiger partial charge in [0.2, 0.25) is 10.0 Å². The third-order valence-electron chi connectivity index (χ3n) is 4.27. The van der Waals surface area contributed by atoms with E-state index in [0.717, 1.165) is 10.2 Å². The number of allylic oxidation sites excluding steroid dienone is 1. The number of nitrogens with two attached hydrogens (primary N) is 1. The van der Waals surface area contributed by atoms with Crippen molar-refractivity contribution in [2.75, 3.05) is 0 Å². The highest BCUT2D eigenvalue weighted by Crippen LogP contribution is 2.43. The van der Waals surface area contributed by atoms with Gasteiger partial charge < -0.3 is 0 Å². The predicted octanol–water partition coefficient (Wildman–Crippen LogP) is 4.68. The number of halogens is 3. The maximum Gasteiger partial charge on any atom is 0.434 e. The van der Waals surface area contributed by atoms with Crippen LogP contribution < -0.4 is 5.14 Å². The minimum Gasteiger partial charge on any atom is -0.235 e. The second kappa shape index (κ2) is 7.49. The first-order chi connectivity index (χ1) is 13.5. The summed E-state index contributed by atoms with van der Waals surface area (Å²) in [4.78, 5) is -0.137. The fraction of sp³-hybridized carbons (Fsp3) is 0.150. The first-order valence-electron chi connectivity index (χ1n) is 8.55. The third-order valence-corrected chi connectivity index (χ3v) is 5.19. The molecule has 152 valence electrons. The van der Waals surface area contributed by atoms with Gasteiger partial charge in [-0.25, -0.2) is 18.2 Å². The van der Waals surface area contributed by atoms with Crippen molar-refractivity contribution >= 4 is 16.2 Å². The average molecular weight is 421 g/mol. The van der Waals surface area contributed by atoms with Crippen LogP contribution in [0, 0.1) is 6.92 Å². The number of alkyl halides is 3.